The van der Waals surface area contributed by atoms with E-state index in [0.717, 1.165) is 35.9 Å². The Morgan fingerprint density at radius 2 is 2.53 bits per heavy atom. The van der Waals surface area contributed by atoms with Gasteiger partial charge in [-0.3, -0.25) is 0 Å². The quantitative estimate of drug-likeness (QED) is 0.849. The minimum atomic E-state index is 0.137. The molecule has 1 aliphatic rings. The van der Waals surface area contributed by atoms with E-state index in [1.165, 1.54) is 11.5 Å². The van der Waals surface area contributed by atoms with Crippen molar-refractivity contribution in [2.75, 3.05) is 13.2 Å². The van der Waals surface area contributed by atoms with Gasteiger partial charge in [-0.25, -0.2) is 0 Å². The topological polar surface area (TPSA) is 47.0 Å². The lowest BCUT2D eigenvalue weighted by atomic mass is 10.1. The minimum Gasteiger partial charge on any atom is -0.496 e. The van der Waals surface area contributed by atoms with Crippen molar-refractivity contribution >= 4 is 11.5 Å². The van der Waals surface area contributed by atoms with Crippen LogP contribution in [0, 0.1) is 6.92 Å². The maximum absolute atomic E-state index is 5.60. The first-order chi connectivity index (χ1) is 7.33. The van der Waals surface area contributed by atoms with Crippen LogP contribution in [0.4, 0.5) is 0 Å². The van der Waals surface area contributed by atoms with Crippen molar-refractivity contribution in [3.05, 3.63) is 22.4 Å². The molecule has 15 heavy (non-hydrogen) atoms. The Morgan fingerprint density at radius 1 is 1.67 bits per heavy atom. The predicted octanol–water partition coefficient (Wildman–Crippen LogP) is 1.80. The van der Waals surface area contributed by atoms with E-state index < -0.39 is 0 Å². The summed E-state index contributed by atoms with van der Waals surface area (Å²) in [6.07, 6.45) is 3.15. The second-order valence-corrected chi connectivity index (χ2v) is 4.24. The largest absolute Gasteiger partial charge is 0.496 e. The first kappa shape index (κ1) is 10.6. The second kappa shape index (κ2) is 4.72. The van der Waals surface area contributed by atoms with E-state index in [0.29, 0.717) is 0 Å². The smallest absolute Gasteiger partial charge is 0.115 e. The lowest BCUT2D eigenvalue weighted by Crippen LogP contribution is -2.22. The molecule has 1 aliphatic heterocycles. The Hall–Kier alpha value is -0.940. The SMILES string of the molecule is CCNC(C1=CCCO1)c1snnc1C. The van der Waals surface area contributed by atoms with E-state index in [-0.39, 0.29) is 6.04 Å². The Balaban J connectivity index is 2.23. The normalized spacial score (nSPS) is 17.3. The highest BCUT2D eigenvalue weighted by Gasteiger charge is 2.23. The number of likely N-dealkylation sites (N-methyl/N-ethyl adjacent to an activating group) is 1. The van der Waals surface area contributed by atoms with E-state index in [1.807, 2.05) is 6.92 Å². The molecular weight excluding hydrogens is 210 g/mol. The molecule has 1 aromatic heterocycles. The highest BCUT2D eigenvalue weighted by Crippen LogP contribution is 2.29. The van der Waals surface area contributed by atoms with Gasteiger partial charge in [0.05, 0.1) is 17.2 Å². The summed E-state index contributed by atoms with van der Waals surface area (Å²) in [4.78, 5) is 1.16. The van der Waals surface area contributed by atoms with E-state index >= 15 is 0 Å². The monoisotopic (exact) mass is 225 g/mol. The maximum Gasteiger partial charge on any atom is 0.115 e. The molecule has 4 nitrogen and oxygen atoms in total. The fourth-order valence-electron chi connectivity index (χ4n) is 1.67. The molecule has 82 valence electrons. The van der Waals surface area contributed by atoms with Crippen LogP contribution >= 0.6 is 11.5 Å². The second-order valence-electron chi connectivity index (χ2n) is 3.46. The molecule has 5 heteroatoms. The van der Waals surface area contributed by atoms with Crippen LogP contribution in [0.3, 0.4) is 0 Å². The summed E-state index contributed by atoms with van der Waals surface area (Å²) in [5.41, 5.74) is 0.988. The van der Waals surface area contributed by atoms with Gasteiger partial charge in [0.2, 0.25) is 0 Å². The Bertz CT molecular complexity index is 361. The van der Waals surface area contributed by atoms with Crippen molar-refractivity contribution in [2.45, 2.75) is 26.3 Å². The molecule has 1 aromatic rings. The zero-order valence-electron chi connectivity index (χ0n) is 8.99. The van der Waals surface area contributed by atoms with Crippen LogP contribution in [0.2, 0.25) is 0 Å². The molecule has 0 saturated heterocycles. The summed E-state index contributed by atoms with van der Waals surface area (Å²) in [5, 5.41) is 7.44. The number of aryl methyl sites for hydroxylation is 1. The van der Waals surface area contributed by atoms with Gasteiger partial charge in [0, 0.05) is 6.42 Å². The minimum absolute atomic E-state index is 0.137. The Kier molecular flexibility index (Phi) is 3.33. The van der Waals surface area contributed by atoms with Gasteiger partial charge in [-0.05, 0) is 31.1 Å². The molecule has 1 N–H and O–H groups in total. The first-order valence-corrected chi connectivity index (χ1v) is 5.95. The number of hydrogen-bond donors (Lipinski definition) is 1. The van der Waals surface area contributed by atoms with Gasteiger partial charge in [-0.15, -0.1) is 5.10 Å². The molecule has 0 spiro atoms. The van der Waals surface area contributed by atoms with Crippen molar-refractivity contribution in [1.29, 1.82) is 0 Å². The zero-order chi connectivity index (χ0) is 10.7. The third-order valence-corrected chi connectivity index (χ3v) is 3.26. The summed E-state index contributed by atoms with van der Waals surface area (Å²) in [7, 11) is 0. The Morgan fingerprint density at radius 3 is 3.07 bits per heavy atom. The van der Waals surface area contributed by atoms with Gasteiger partial charge in [-0.1, -0.05) is 11.4 Å². The van der Waals surface area contributed by atoms with Gasteiger partial charge in [0.25, 0.3) is 0 Å². The van der Waals surface area contributed by atoms with Crippen molar-refractivity contribution < 1.29 is 4.74 Å². The van der Waals surface area contributed by atoms with Gasteiger partial charge >= 0.3 is 0 Å². The van der Waals surface area contributed by atoms with E-state index in [2.05, 4.69) is 27.9 Å². The van der Waals surface area contributed by atoms with E-state index in [9.17, 15) is 0 Å². The van der Waals surface area contributed by atoms with Crippen LogP contribution < -0.4 is 5.32 Å². The lowest BCUT2D eigenvalue weighted by Gasteiger charge is -2.17. The van der Waals surface area contributed by atoms with Crippen molar-refractivity contribution in [3.8, 4) is 0 Å². The molecule has 1 atom stereocenters. The van der Waals surface area contributed by atoms with Crippen molar-refractivity contribution in [3.63, 3.8) is 0 Å². The van der Waals surface area contributed by atoms with Gasteiger partial charge < -0.3 is 10.1 Å². The molecule has 0 amide bonds. The summed E-state index contributed by atoms with van der Waals surface area (Å²) in [6, 6.07) is 0.137. The summed E-state index contributed by atoms with van der Waals surface area (Å²) >= 11 is 1.44. The fraction of sp³-hybridized carbons (Fsp3) is 0.600. The van der Waals surface area contributed by atoms with Gasteiger partial charge in [0.1, 0.15) is 11.8 Å². The van der Waals surface area contributed by atoms with Crippen LogP contribution in [0.1, 0.15) is 30.0 Å². The summed E-state index contributed by atoms with van der Waals surface area (Å²) in [5.74, 6) is 1.02. The highest BCUT2D eigenvalue weighted by molar-refractivity contribution is 7.05. The number of rotatable bonds is 4. The molecule has 0 bridgehead atoms. The molecule has 0 aromatic carbocycles. The molecule has 1 unspecified atom stereocenters. The molecule has 2 heterocycles. The van der Waals surface area contributed by atoms with Crippen LogP contribution in [-0.4, -0.2) is 22.7 Å². The average Bonchev–Trinajstić information content (AvgIpc) is 2.85. The molecule has 0 fully saturated rings. The van der Waals surface area contributed by atoms with Crippen LogP contribution in [0.15, 0.2) is 11.8 Å². The fourth-order valence-corrected chi connectivity index (χ4v) is 2.40. The third-order valence-electron chi connectivity index (χ3n) is 2.37. The third kappa shape index (κ3) is 2.18. The molecule has 0 saturated carbocycles. The van der Waals surface area contributed by atoms with Gasteiger partial charge in [-0.2, -0.15) is 0 Å². The molecule has 2 rings (SSSR count). The first-order valence-electron chi connectivity index (χ1n) is 5.18. The number of hydrogen-bond acceptors (Lipinski definition) is 5. The molecule has 0 radical (unpaired) electrons. The molecular formula is C10H15N3OS. The predicted molar refractivity (Wildman–Crippen MR) is 59.7 cm³/mol. The lowest BCUT2D eigenvalue weighted by molar-refractivity contribution is 0.216. The van der Waals surface area contributed by atoms with Crippen LogP contribution in [-0.2, 0) is 4.74 Å². The standard InChI is InChI=1S/C10H15N3OS/c1-3-11-9(8-5-4-6-14-8)10-7(2)12-13-15-10/h5,9,11H,3-4,6H2,1-2H3. The summed E-state index contributed by atoms with van der Waals surface area (Å²) < 4.78 is 9.56. The molecule has 0 aliphatic carbocycles. The van der Waals surface area contributed by atoms with Crippen molar-refractivity contribution in [2.24, 2.45) is 0 Å². The number of aromatic nitrogens is 2. The number of nitrogens with one attached hydrogen (secondary N) is 1. The van der Waals surface area contributed by atoms with Crippen molar-refractivity contribution in [1.82, 2.24) is 14.9 Å². The Labute approximate surface area is 93.5 Å². The summed E-state index contributed by atoms with van der Waals surface area (Å²) in [6.45, 7) is 5.77. The average molecular weight is 225 g/mol. The van der Waals surface area contributed by atoms with Crippen LogP contribution in [0.25, 0.3) is 0 Å². The van der Waals surface area contributed by atoms with E-state index in [4.69, 9.17) is 4.74 Å². The zero-order valence-corrected chi connectivity index (χ0v) is 9.80. The number of nitrogens with zero attached hydrogens (tertiary/aromatic N) is 2. The highest BCUT2D eigenvalue weighted by atomic mass is 32.1. The number of ether oxygens (including phenoxy) is 1. The maximum atomic E-state index is 5.60. The van der Waals surface area contributed by atoms with Crippen LogP contribution in [0.5, 0.6) is 0 Å². The van der Waals surface area contributed by atoms with Gasteiger partial charge in [0.15, 0.2) is 0 Å². The van der Waals surface area contributed by atoms with E-state index in [1.54, 1.807) is 0 Å².